The molecule has 0 spiro atoms. The zero-order valence-corrected chi connectivity index (χ0v) is 13.0. The lowest BCUT2D eigenvalue weighted by molar-refractivity contribution is 0.173. The molecule has 1 aliphatic rings. The molecule has 3 heteroatoms. The summed E-state index contributed by atoms with van der Waals surface area (Å²) in [4.78, 5) is 4.89. The van der Waals surface area contributed by atoms with Gasteiger partial charge in [-0.1, -0.05) is 32.0 Å². The SMILES string of the molecule is CC[C@@H](O)c1ccccc1N(C)C1CCN(CC)CC1. The van der Waals surface area contributed by atoms with Crippen LogP contribution < -0.4 is 4.90 Å². The Morgan fingerprint density at radius 3 is 2.50 bits per heavy atom. The van der Waals surface area contributed by atoms with E-state index < -0.39 is 0 Å². The van der Waals surface area contributed by atoms with Crippen LogP contribution in [0, 0.1) is 0 Å². The van der Waals surface area contributed by atoms with Crippen molar-refractivity contribution < 1.29 is 5.11 Å². The third-order valence-electron chi connectivity index (χ3n) is 4.61. The van der Waals surface area contributed by atoms with Gasteiger partial charge in [0.2, 0.25) is 0 Å². The van der Waals surface area contributed by atoms with Crippen LogP contribution in [0.25, 0.3) is 0 Å². The number of nitrogens with zero attached hydrogens (tertiary/aromatic N) is 2. The fourth-order valence-electron chi connectivity index (χ4n) is 3.13. The van der Waals surface area contributed by atoms with Crippen LogP contribution in [0.1, 0.15) is 44.8 Å². The molecule has 0 radical (unpaired) electrons. The number of benzene rings is 1. The van der Waals surface area contributed by atoms with Gasteiger partial charge in [0.1, 0.15) is 0 Å². The van der Waals surface area contributed by atoms with Crippen LogP contribution in [0.3, 0.4) is 0 Å². The fraction of sp³-hybridized carbons (Fsp3) is 0.647. The standard InChI is InChI=1S/C17H28N2O/c1-4-17(20)15-8-6-7-9-16(15)18(3)14-10-12-19(5-2)13-11-14/h6-9,14,17,20H,4-5,10-13H2,1-3H3/t17-/m1/s1. The highest BCUT2D eigenvalue weighted by molar-refractivity contribution is 5.54. The Bertz CT molecular complexity index is 413. The summed E-state index contributed by atoms with van der Waals surface area (Å²) in [5, 5.41) is 10.2. The Labute approximate surface area is 123 Å². The van der Waals surface area contributed by atoms with Gasteiger partial charge in [0.05, 0.1) is 6.10 Å². The van der Waals surface area contributed by atoms with Crippen molar-refractivity contribution in [2.75, 3.05) is 31.6 Å². The van der Waals surface area contributed by atoms with E-state index in [9.17, 15) is 5.11 Å². The first-order chi connectivity index (χ1) is 9.67. The summed E-state index contributed by atoms with van der Waals surface area (Å²) in [6.07, 6.45) is 2.82. The van der Waals surface area contributed by atoms with E-state index in [4.69, 9.17) is 0 Å². The molecule has 1 saturated heterocycles. The van der Waals surface area contributed by atoms with Crippen LogP contribution in [0.2, 0.25) is 0 Å². The van der Waals surface area contributed by atoms with E-state index in [1.54, 1.807) is 0 Å². The van der Waals surface area contributed by atoms with E-state index in [1.807, 2.05) is 13.0 Å². The molecule has 1 atom stereocenters. The van der Waals surface area contributed by atoms with Gasteiger partial charge in [-0.15, -0.1) is 0 Å². The average Bonchev–Trinajstić information content (AvgIpc) is 2.53. The predicted octanol–water partition coefficient (Wildman–Crippen LogP) is 3.05. The van der Waals surface area contributed by atoms with E-state index in [2.05, 4.69) is 42.0 Å². The zero-order valence-electron chi connectivity index (χ0n) is 13.0. The normalized spacial score (nSPS) is 19.0. The number of likely N-dealkylation sites (tertiary alicyclic amines) is 1. The van der Waals surface area contributed by atoms with Crippen molar-refractivity contribution in [3.63, 3.8) is 0 Å². The van der Waals surface area contributed by atoms with Crippen LogP contribution in [0.15, 0.2) is 24.3 Å². The second-order valence-corrected chi connectivity index (χ2v) is 5.76. The van der Waals surface area contributed by atoms with E-state index in [1.165, 1.54) is 31.6 Å². The summed E-state index contributed by atoms with van der Waals surface area (Å²) < 4.78 is 0. The Balaban J connectivity index is 2.11. The van der Waals surface area contributed by atoms with E-state index >= 15 is 0 Å². The number of rotatable bonds is 5. The first-order valence-corrected chi connectivity index (χ1v) is 7.89. The van der Waals surface area contributed by atoms with E-state index in [0.717, 1.165) is 18.5 Å². The van der Waals surface area contributed by atoms with Crippen LogP contribution in [-0.4, -0.2) is 42.7 Å². The molecule has 1 N–H and O–H groups in total. The number of aliphatic hydroxyl groups is 1. The van der Waals surface area contributed by atoms with E-state index in [-0.39, 0.29) is 6.10 Å². The van der Waals surface area contributed by atoms with Crippen LogP contribution in [0.5, 0.6) is 0 Å². The smallest absolute Gasteiger partial charge is 0.0807 e. The number of hydrogen-bond donors (Lipinski definition) is 1. The first kappa shape index (κ1) is 15.3. The van der Waals surface area contributed by atoms with Crippen molar-refractivity contribution in [1.29, 1.82) is 0 Å². The summed E-state index contributed by atoms with van der Waals surface area (Å²) in [6, 6.07) is 8.87. The summed E-state index contributed by atoms with van der Waals surface area (Å²) in [6.45, 7) is 7.79. The lowest BCUT2D eigenvalue weighted by atomic mass is 9.99. The van der Waals surface area contributed by atoms with Crippen molar-refractivity contribution in [2.45, 2.75) is 45.3 Å². The molecule has 0 aliphatic carbocycles. The third-order valence-corrected chi connectivity index (χ3v) is 4.61. The van der Waals surface area contributed by atoms with Gasteiger partial charge >= 0.3 is 0 Å². The maximum absolute atomic E-state index is 10.2. The summed E-state index contributed by atoms with van der Waals surface area (Å²) in [7, 11) is 2.17. The molecule has 2 rings (SSSR count). The molecule has 3 nitrogen and oxygen atoms in total. The highest BCUT2D eigenvalue weighted by Crippen LogP contribution is 2.30. The number of anilines is 1. The summed E-state index contributed by atoms with van der Waals surface area (Å²) in [5.74, 6) is 0. The van der Waals surface area contributed by atoms with Crippen LogP contribution in [0.4, 0.5) is 5.69 Å². The molecule has 0 bridgehead atoms. The molecular weight excluding hydrogens is 248 g/mol. The Hall–Kier alpha value is -1.06. The van der Waals surface area contributed by atoms with Gasteiger partial charge in [-0.3, -0.25) is 0 Å². The van der Waals surface area contributed by atoms with Crippen molar-refractivity contribution in [1.82, 2.24) is 4.90 Å². The van der Waals surface area contributed by atoms with E-state index in [0.29, 0.717) is 6.04 Å². The van der Waals surface area contributed by atoms with Crippen molar-refractivity contribution in [3.8, 4) is 0 Å². The molecule has 1 fully saturated rings. The lowest BCUT2D eigenvalue weighted by Crippen LogP contribution is -2.43. The molecule has 1 aromatic rings. The van der Waals surface area contributed by atoms with Gasteiger partial charge in [0, 0.05) is 37.4 Å². The Kier molecular flexibility index (Phi) is 5.44. The molecule has 0 amide bonds. The summed E-state index contributed by atoms with van der Waals surface area (Å²) in [5.41, 5.74) is 2.26. The predicted molar refractivity (Wildman–Crippen MR) is 85.2 cm³/mol. The maximum Gasteiger partial charge on any atom is 0.0807 e. The zero-order chi connectivity index (χ0) is 14.5. The molecule has 1 heterocycles. The number of hydrogen-bond acceptors (Lipinski definition) is 3. The minimum atomic E-state index is -0.357. The molecule has 1 aromatic carbocycles. The number of piperidine rings is 1. The fourth-order valence-corrected chi connectivity index (χ4v) is 3.13. The van der Waals surface area contributed by atoms with Gasteiger partial charge in [0.25, 0.3) is 0 Å². The highest BCUT2D eigenvalue weighted by atomic mass is 16.3. The summed E-state index contributed by atoms with van der Waals surface area (Å²) >= 11 is 0. The minimum Gasteiger partial charge on any atom is -0.388 e. The van der Waals surface area contributed by atoms with Gasteiger partial charge in [0.15, 0.2) is 0 Å². The van der Waals surface area contributed by atoms with Crippen LogP contribution >= 0.6 is 0 Å². The number of aliphatic hydroxyl groups excluding tert-OH is 1. The molecule has 1 aliphatic heterocycles. The molecule has 20 heavy (non-hydrogen) atoms. The van der Waals surface area contributed by atoms with Gasteiger partial charge < -0.3 is 14.9 Å². The average molecular weight is 276 g/mol. The quantitative estimate of drug-likeness (QED) is 0.895. The Morgan fingerprint density at radius 1 is 1.25 bits per heavy atom. The monoisotopic (exact) mass is 276 g/mol. The molecule has 0 unspecified atom stereocenters. The second-order valence-electron chi connectivity index (χ2n) is 5.76. The first-order valence-electron chi connectivity index (χ1n) is 7.89. The Morgan fingerprint density at radius 2 is 1.90 bits per heavy atom. The molecular formula is C17H28N2O. The molecule has 112 valence electrons. The molecule has 0 aromatic heterocycles. The van der Waals surface area contributed by atoms with Crippen molar-refractivity contribution in [3.05, 3.63) is 29.8 Å². The van der Waals surface area contributed by atoms with Crippen LogP contribution in [-0.2, 0) is 0 Å². The minimum absolute atomic E-state index is 0.357. The van der Waals surface area contributed by atoms with Gasteiger partial charge in [-0.2, -0.15) is 0 Å². The van der Waals surface area contributed by atoms with Gasteiger partial charge in [-0.05, 0) is 31.9 Å². The van der Waals surface area contributed by atoms with Crippen molar-refractivity contribution in [2.24, 2.45) is 0 Å². The highest BCUT2D eigenvalue weighted by Gasteiger charge is 2.24. The van der Waals surface area contributed by atoms with Crippen molar-refractivity contribution >= 4 is 5.69 Å². The molecule has 0 saturated carbocycles. The topological polar surface area (TPSA) is 26.7 Å². The number of para-hydroxylation sites is 1. The van der Waals surface area contributed by atoms with Gasteiger partial charge in [-0.25, -0.2) is 0 Å². The lowest BCUT2D eigenvalue weighted by Gasteiger charge is -2.38. The maximum atomic E-state index is 10.2. The largest absolute Gasteiger partial charge is 0.388 e. The second kappa shape index (κ2) is 7.09. The third kappa shape index (κ3) is 3.33.